The first-order valence-corrected chi connectivity index (χ1v) is 7.87. The molecule has 4 heteroatoms. The summed E-state index contributed by atoms with van der Waals surface area (Å²) in [5, 5.41) is 1.94. The molecule has 0 fully saturated rings. The Bertz CT molecular complexity index is 596. The van der Waals surface area contributed by atoms with Gasteiger partial charge in [-0.05, 0) is 30.2 Å². The molecule has 0 aliphatic carbocycles. The third-order valence-electron chi connectivity index (χ3n) is 3.66. The van der Waals surface area contributed by atoms with Crippen molar-refractivity contribution in [3.05, 3.63) is 65.7 Å². The largest absolute Gasteiger partial charge is 0.366 e. The van der Waals surface area contributed by atoms with E-state index in [2.05, 4.69) is 36.2 Å². The van der Waals surface area contributed by atoms with Gasteiger partial charge in [-0.3, -0.25) is 0 Å². The zero-order chi connectivity index (χ0) is 16.5. The molecule has 0 N–H and O–H groups in total. The molecule has 23 heavy (non-hydrogen) atoms. The van der Waals surface area contributed by atoms with Crippen LogP contribution in [0.4, 0.5) is 5.69 Å². The average Bonchev–Trinajstić information content (AvgIpc) is 2.61. The molecule has 0 amide bonds. The van der Waals surface area contributed by atoms with E-state index in [1.807, 2.05) is 53.7 Å². The van der Waals surface area contributed by atoms with Gasteiger partial charge in [0.2, 0.25) is 0 Å². The van der Waals surface area contributed by atoms with Gasteiger partial charge >= 0.3 is 0 Å². The van der Waals surface area contributed by atoms with Crippen molar-refractivity contribution in [3.63, 3.8) is 0 Å². The van der Waals surface area contributed by atoms with Crippen LogP contribution in [0.25, 0.3) is 0 Å². The summed E-state index contributed by atoms with van der Waals surface area (Å²) < 4.78 is 0. The molecule has 2 aromatic carbocycles. The quantitative estimate of drug-likeness (QED) is 0.421. The summed E-state index contributed by atoms with van der Waals surface area (Å²) in [5.41, 5.74) is 3.39. The van der Waals surface area contributed by atoms with E-state index < -0.39 is 0 Å². The predicted molar refractivity (Wildman–Crippen MR) is 95.6 cm³/mol. The van der Waals surface area contributed by atoms with Crippen LogP contribution in [0.15, 0.2) is 59.6 Å². The SMILES string of the molecule is CCN(C)C=Nc1ccc(CN(Cc2ccccc2)OC)cc1. The van der Waals surface area contributed by atoms with Crippen molar-refractivity contribution >= 4 is 12.0 Å². The number of benzene rings is 2. The van der Waals surface area contributed by atoms with Crippen LogP contribution < -0.4 is 0 Å². The summed E-state index contributed by atoms with van der Waals surface area (Å²) in [6.45, 7) is 4.55. The third-order valence-corrected chi connectivity index (χ3v) is 3.66. The Morgan fingerprint density at radius 2 is 1.57 bits per heavy atom. The van der Waals surface area contributed by atoms with Gasteiger partial charge in [0, 0.05) is 26.7 Å². The fraction of sp³-hybridized carbons (Fsp3) is 0.316. The minimum absolute atomic E-state index is 0.740. The van der Waals surface area contributed by atoms with Crippen LogP contribution in [-0.2, 0) is 17.9 Å². The summed E-state index contributed by atoms with van der Waals surface area (Å²) in [7, 11) is 3.72. The summed E-state index contributed by atoms with van der Waals surface area (Å²) in [4.78, 5) is 12.0. The second kappa shape index (κ2) is 9.08. The lowest BCUT2D eigenvalue weighted by atomic mass is 10.2. The molecular weight excluding hydrogens is 286 g/mol. The highest BCUT2D eigenvalue weighted by Gasteiger charge is 2.06. The van der Waals surface area contributed by atoms with Gasteiger partial charge in [-0.15, -0.1) is 0 Å². The van der Waals surface area contributed by atoms with E-state index in [0.717, 1.165) is 25.3 Å². The number of hydrogen-bond acceptors (Lipinski definition) is 3. The van der Waals surface area contributed by atoms with Crippen molar-refractivity contribution in [2.24, 2.45) is 4.99 Å². The van der Waals surface area contributed by atoms with Crippen molar-refractivity contribution in [1.82, 2.24) is 9.96 Å². The number of nitrogens with zero attached hydrogens (tertiary/aromatic N) is 3. The smallest absolute Gasteiger partial charge is 0.0909 e. The van der Waals surface area contributed by atoms with Gasteiger partial charge < -0.3 is 9.74 Å². The van der Waals surface area contributed by atoms with Gasteiger partial charge in [0.05, 0.1) is 19.1 Å². The van der Waals surface area contributed by atoms with Gasteiger partial charge in [-0.1, -0.05) is 42.5 Å². The Labute approximate surface area is 139 Å². The van der Waals surface area contributed by atoms with E-state index in [-0.39, 0.29) is 0 Å². The highest BCUT2D eigenvalue weighted by molar-refractivity contribution is 5.60. The molecule has 0 aliphatic heterocycles. The minimum Gasteiger partial charge on any atom is -0.366 e. The molecule has 0 unspecified atom stereocenters. The maximum Gasteiger partial charge on any atom is 0.0909 e. The molecular formula is C19H25N3O. The van der Waals surface area contributed by atoms with Crippen LogP contribution in [0.2, 0.25) is 0 Å². The Kier molecular flexibility index (Phi) is 6.78. The molecule has 0 aliphatic rings. The standard InChI is InChI=1S/C19H25N3O/c1-4-21(2)16-20-19-12-10-18(11-13-19)15-22(23-3)14-17-8-6-5-7-9-17/h5-13,16H,4,14-15H2,1-3H3. The first-order valence-electron chi connectivity index (χ1n) is 7.87. The highest BCUT2D eigenvalue weighted by atomic mass is 16.7. The monoisotopic (exact) mass is 311 g/mol. The zero-order valence-corrected chi connectivity index (χ0v) is 14.1. The zero-order valence-electron chi connectivity index (χ0n) is 14.1. The van der Waals surface area contributed by atoms with Crippen molar-refractivity contribution in [2.45, 2.75) is 20.0 Å². The van der Waals surface area contributed by atoms with Crippen LogP contribution in [-0.4, -0.2) is 37.0 Å². The number of hydrogen-bond donors (Lipinski definition) is 0. The Morgan fingerprint density at radius 1 is 0.957 bits per heavy atom. The van der Waals surface area contributed by atoms with E-state index in [4.69, 9.17) is 4.84 Å². The van der Waals surface area contributed by atoms with Crippen molar-refractivity contribution in [2.75, 3.05) is 20.7 Å². The van der Waals surface area contributed by atoms with Crippen LogP contribution >= 0.6 is 0 Å². The lowest BCUT2D eigenvalue weighted by Crippen LogP contribution is -2.21. The first-order chi connectivity index (χ1) is 11.2. The molecule has 0 aromatic heterocycles. The number of rotatable bonds is 8. The molecule has 2 rings (SSSR count). The van der Waals surface area contributed by atoms with E-state index in [1.165, 1.54) is 11.1 Å². The van der Waals surface area contributed by atoms with Gasteiger partial charge in [0.15, 0.2) is 0 Å². The van der Waals surface area contributed by atoms with Gasteiger partial charge in [0.1, 0.15) is 0 Å². The molecule has 0 radical (unpaired) electrons. The lowest BCUT2D eigenvalue weighted by Gasteiger charge is -2.19. The second-order valence-corrected chi connectivity index (χ2v) is 5.45. The maximum absolute atomic E-state index is 5.48. The van der Waals surface area contributed by atoms with E-state index >= 15 is 0 Å². The van der Waals surface area contributed by atoms with E-state index in [0.29, 0.717) is 0 Å². The average molecular weight is 311 g/mol. The third kappa shape index (κ3) is 5.85. The molecule has 0 bridgehead atoms. The van der Waals surface area contributed by atoms with Crippen molar-refractivity contribution in [1.29, 1.82) is 0 Å². The van der Waals surface area contributed by atoms with E-state index in [1.54, 1.807) is 7.11 Å². The normalized spacial score (nSPS) is 11.3. The Balaban J connectivity index is 1.94. The Morgan fingerprint density at radius 3 is 2.13 bits per heavy atom. The van der Waals surface area contributed by atoms with Gasteiger partial charge in [-0.2, -0.15) is 5.06 Å². The number of aliphatic imine (C=N–C) groups is 1. The van der Waals surface area contributed by atoms with E-state index in [9.17, 15) is 0 Å². The topological polar surface area (TPSA) is 28.1 Å². The van der Waals surface area contributed by atoms with Crippen LogP contribution in [0.1, 0.15) is 18.1 Å². The fourth-order valence-electron chi connectivity index (χ4n) is 2.11. The number of hydroxylamine groups is 2. The van der Waals surface area contributed by atoms with Gasteiger partial charge in [-0.25, -0.2) is 4.99 Å². The molecule has 0 atom stereocenters. The summed E-state index contributed by atoms with van der Waals surface area (Å²) >= 11 is 0. The van der Waals surface area contributed by atoms with Crippen LogP contribution in [0, 0.1) is 0 Å². The minimum atomic E-state index is 0.740. The van der Waals surface area contributed by atoms with Crippen LogP contribution in [0.3, 0.4) is 0 Å². The first kappa shape index (κ1) is 17.2. The molecule has 0 saturated carbocycles. The summed E-state index contributed by atoms with van der Waals surface area (Å²) in [6.07, 6.45) is 1.85. The molecule has 122 valence electrons. The summed E-state index contributed by atoms with van der Waals surface area (Å²) in [5.74, 6) is 0. The molecule has 0 saturated heterocycles. The van der Waals surface area contributed by atoms with Gasteiger partial charge in [0.25, 0.3) is 0 Å². The fourth-order valence-corrected chi connectivity index (χ4v) is 2.11. The van der Waals surface area contributed by atoms with Crippen molar-refractivity contribution < 1.29 is 4.84 Å². The Hall–Kier alpha value is -2.17. The summed E-state index contributed by atoms with van der Waals surface area (Å²) in [6, 6.07) is 18.6. The van der Waals surface area contributed by atoms with Crippen LogP contribution in [0.5, 0.6) is 0 Å². The second-order valence-electron chi connectivity index (χ2n) is 5.45. The molecule has 2 aromatic rings. The molecule has 0 heterocycles. The molecule has 4 nitrogen and oxygen atoms in total. The predicted octanol–water partition coefficient (Wildman–Crippen LogP) is 3.86. The molecule has 0 spiro atoms. The van der Waals surface area contributed by atoms with Crippen molar-refractivity contribution in [3.8, 4) is 0 Å². The maximum atomic E-state index is 5.48. The highest BCUT2D eigenvalue weighted by Crippen LogP contribution is 2.15. The lowest BCUT2D eigenvalue weighted by molar-refractivity contribution is -0.146.